The van der Waals surface area contributed by atoms with E-state index < -0.39 is 11.9 Å². The van der Waals surface area contributed by atoms with Gasteiger partial charge in [-0.05, 0) is 42.7 Å². The predicted molar refractivity (Wildman–Crippen MR) is 134 cm³/mol. The molecule has 2 amide bonds. The Bertz CT molecular complexity index is 1110. The van der Waals surface area contributed by atoms with Crippen LogP contribution in [0.25, 0.3) is 0 Å². The topological polar surface area (TPSA) is 49.4 Å². The Kier molecular flexibility index (Phi) is 9.23. The van der Waals surface area contributed by atoms with Crippen LogP contribution in [0.4, 0.5) is 4.39 Å². The van der Waals surface area contributed by atoms with Crippen LogP contribution >= 0.6 is 11.6 Å². The van der Waals surface area contributed by atoms with Crippen LogP contribution in [-0.4, -0.2) is 28.8 Å². The fourth-order valence-corrected chi connectivity index (χ4v) is 3.94. The lowest BCUT2D eigenvalue weighted by molar-refractivity contribution is -0.141. The van der Waals surface area contributed by atoms with Gasteiger partial charge in [0.1, 0.15) is 11.9 Å². The number of hydrogen-bond acceptors (Lipinski definition) is 2. The van der Waals surface area contributed by atoms with Crippen LogP contribution in [0.2, 0.25) is 5.02 Å². The number of carbonyl (C=O) groups is 2. The van der Waals surface area contributed by atoms with Gasteiger partial charge in [0.25, 0.3) is 0 Å². The van der Waals surface area contributed by atoms with Gasteiger partial charge in [0.05, 0.1) is 6.42 Å². The van der Waals surface area contributed by atoms with E-state index in [0.717, 1.165) is 17.5 Å². The standard InChI is InChI=1S/C28H30ClFN2O2/c1-3-20(2)31-28(34)26(17-21-10-5-4-6-11-21)32(19-23-13-7-8-15-25(23)30)27(33)18-22-12-9-14-24(29)16-22/h4-16,20,26H,3,17-19H2,1-2H3,(H,31,34). The first-order valence-corrected chi connectivity index (χ1v) is 11.9. The van der Waals surface area contributed by atoms with Crippen LogP contribution in [-0.2, 0) is 29.0 Å². The zero-order valence-electron chi connectivity index (χ0n) is 19.5. The number of rotatable bonds is 10. The van der Waals surface area contributed by atoms with Crippen molar-refractivity contribution in [1.29, 1.82) is 0 Å². The van der Waals surface area contributed by atoms with Crippen LogP contribution in [0.5, 0.6) is 0 Å². The highest BCUT2D eigenvalue weighted by atomic mass is 35.5. The van der Waals surface area contributed by atoms with E-state index in [9.17, 15) is 14.0 Å². The van der Waals surface area contributed by atoms with Crippen LogP contribution in [0.3, 0.4) is 0 Å². The Morgan fingerprint density at radius 1 is 0.971 bits per heavy atom. The predicted octanol–water partition coefficient (Wildman–Crippen LogP) is 5.58. The molecule has 0 aliphatic carbocycles. The van der Waals surface area contributed by atoms with Gasteiger partial charge in [0.2, 0.25) is 11.8 Å². The summed E-state index contributed by atoms with van der Waals surface area (Å²) in [6.07, 6.45) is 1.13. The van der Waals surface area contributed by atoms with Gasteiger partial charge in [-0.2, -0.15) is 0 Å². The lowest BCUT2D eigenvalue weighted by atomic mass is 10.0. The molecular weight excluding hydrogens is 451 g/mol. The minimum atomic E-state index is -0.803. The van der Waals surface area contributed by atoms with E-state index in [0.29, 0.717) is 17.0 Å². The van der Waals surface area contributed by atoms with E-state index in [-0.39, 0.29) is 30.8 Å². The van der Waals surface area contributed by atoms with Gasteiger partial charge in [0, 0.05) is 29.6 Å². The highest BCUT2D eigenvalue weighted by Gasteiger charge is 2.31. The quantitative estimate of drug-likeness (QED) is 0.412. The van der Waals surface area contributed by atoms with Crippen molar-refractivity contribution in [2.75, 3.05) is 0 Å². The molecule has 2 atom stereocenters. The molecular formula is C28H30ClFN2O2. The van der Waals surface area contributed by atoms with Crippen LogP contribution < -0.4 is 5.32 Å². The van der Waals surface area contributed by atoms with Crippen molar-refractivity contribution in [1.82, 2.24) is 10.2 Å². The Morgan fingerprint density at radius 2 is 1.65 bits per heavy atom. The molecule has 178 valence electrons. The van der Waals surface area contributed by atoms with Crippen LogP contribution in [0.15, 0.2) is 78.9 Å². The molecule has 0 saturated heterocycles. The summed E-state index contributed by atoms with van der Waals surface area (Å²) >= 11 is 6.11. The molecule has 2 unspecified atom stereocenters. The minimum absolute atomic E-state index is 0.0164. The number of carbonyl (C=O) groups excluding carboxylic acids is 2. The highest BCUT2D eigenvalue weighted by molar-refractivity contribution is 6.30. The fraction of sp³-hybridized carbons (Fsp3) is 0.286. The maximum atomic E-state index is 14.6. The maximum absolute atomic E-state index is 14.6. The number of halogens is 2. The summed E-state index contributed by atoms with van der Waals surface area (Å²) in [6, 6.07) is 22.1. The van der Waals surface area contributed by atoms with E-state index in [1.54, 1.807) is 36.4 Å². The number of amides is 2. The Balaban J connectivity index is 1.98. The molecule has 0 aliphatic rings. The molecule has 0 spiro atoms. The molecule has 3 aromatic rings. The van der Waals surface area contributed by atoms with E-state index in [1.807, 2.05) is 50.2 Å². The zero-order chi connectivity index (χ0) is 24.5. The number of nitrogens with zero attached hydrogens (tertiary/aromatic N) is 1. The average Bonchev–Trinajstić information content (AvgIpc) is 2.82. The molecule has 1 N–H and O–H groups in total. The van der Waals surface area contributed by atoms with Crippen molar-refractivity contribution in [3.05, 3.63) is 106 Å². The van der Waals surface area contributed by atoms with E-state index in [2.05, 4.69) is 5.32 Å². The van der Waals surface area contributed by atoms with Gasteiger partial charge in [0.15, 0.2) is 0 Å². The van der Waals surface area contributed by atoms with Crippen molar-refractivity contribution < 1.29 is 14.0 Å². The Morgan fingerprint density at radius 3 is 2.32 bits per heavy atom. The minimum Gasteiger partial charge on any atom is -0.352 e. The lowest BCUT2D eigenvalue weighted by Gasteiger charge is -2.32. The van der Waals surface area contributed by atoms with Crippen molar-refractivity contribution in [2.45, 2.75) is 51.7 Å². The van der Waals surface area contributed by atoms with Crippen molar-refractivity contribution in [2.24, 2.45) is 0 Å². The van der Waals surface area contributed by atoms with Gasteiger partial charge in [-0.15, -0.1) is 0 Å². The van der Waals surface area contributed by atoms with Gasteiger partial charge >= 0.3 is 0 Å². The molecule has 3 rings (SSSR count). The second kappa shape index (κ2) is 12.3. The molecule has 3 aromatic carbocycles. The first-order chi connectivity index (χ1) is 16.4. The molecule has 0 heterocycles. The number of hydrogen-bond donors (Lipinski definition) is 1. The van der Waals surface area contributed by atoms with E-state index in [4.69, 9.17) is 11.6 Å². The third-order valence-corrected chi connectivity index (χ3v) is 6.05. The highest BCUT2D eigenvalue weighted by Crippen LogP contribution is 2.19. The van der Waals surface area contributed by atoms with Gasteiger partial charge < -0.3 is 10.2 Å². The summed E-state index contributed by atoms with van der Waals surface area (Å²) in [5.74, 6) is -0.941. The van der Waals surface area contributed by atoms with Gasteiger partial charge in [-0.3, -0.25) is 9.59 Å². The van der Waals surface area contributed by atoms with Gasteiger partial charge in [-0.25, -0.2) is 4.39 Å². The molecule has 0 radical (unpaired) electrons. The Hall–Kier alpha value is -3.18. The van der Waals surface area contributed by atoms with Crippen LogP contribution in [0, 0.1) is 5.82 Å². The first kappa shape index (κ1) is 25.4. The molecule has 6 heteroatoms. The summed E-state index contributed by atoms with van der Waals surface area (Å²) in [5, 5.41) is 3.54. The van der Waals surface area contributed by atoms with Crippen molar-refractivity contribution in [3.8, 4) is 0 Å². The SMILES string of the molecule is CCC(C)NC(=O)C(Cc1ccccc1)N(Cc1ccccc1F)C(=O)Cc1cccc(Cl)c1. The number of benzene rings is 3. The normalized spacial score (nSPS) is 12.6. The molecule has 34 heavy (non-hydrogen) atoms. The summed E-state index contributed by atoms with van der Waals surface area (Å²) in [5.41, 5.74) is 2.01. The monoisotopic (exact) mass is 480 g/mol. The third kappa shape index (κ3) is 7.16. The van der Waals surface area contributed by atoms with Crippen molar-refractivity contribution >= 4 is 23.4 Å². The average molecular weight is 481 g/mol. The van der Waals surface area contributed by atoms with Crippen LogP contribution in [0.1, 0.15) is 37.0 Å². The second-order valence-electron chi connectivity index (χ2n) is 8.44. The van der Waals surface area contributed by atoms with Crippen molar-refractivity contribution in [3.63, 3.8) is 0 Å². The zero-order valence-corrected chi connectivity index (χ0v) is 20.3. The molecule has 0 saturated carbocycles. The summed E-state index contributed by atoms with van der Waals surface area (Å²) in [4.78, 5) is 28.5. The smallest absolute Gasteiger partial charge is 0.243 e. The van der Waals surface area contributed by atoms with E-state index >= 15 is 0 Å². The fourth-order valence-electron chi connectivity index (χ4n) is 3.73. The molecule has 4 nitrogen and oxygen atoms in total. The molecule has 0 aromatic heterocycles. The summed E-state index contributed by atoms with van der Waals surface area (Å²) in [7, 11) is 0. The molecule has 0 fully saturated rings. The third-order valence-electron chi connectivity index (χ3n) is 5.82. The second-order valence-corrected chi connectivity index (χ2v) is 8.88. The maximum Gasteiger partial charge on any atom is 0.243 e. The molecule has 0 aliphatic heterocycles. The summed E-state index contributed by atoms with van der Waals surface area (Å²) < 4.78 is 14.6. The number of nitrogens with one attached hydrogen (secondary N) is 1. The van der Waals surface area contributed by atoms with Gasteiger partial charge in [-0.1, -0.05) is 79.2 Å². The molecule has 0 bridgehead atoms. The summed E-state index contributed by atoms with van der Waals surface area (Å²) in [6.45, 7) is 3.89. The lowest BCUT2D eigenvalue weighted by Crippen LogP contribution is -2.52. The Labute approximate surface area is 205 Å². The first-order valence-electron chi connectivity index (χ1n) is 11.5. The largest absolute Gasteiger partial charge is 0.352 e. The van der Waals surface area contributed by atoms with E-state index in [1.165, 1.54) is 11.0 Å².